The number of ketones is 2. The van der Waals surface area contributed by atoms with Gasteiger partial charge in [0.05, 0.1) is 45.3 Å². The Kier molecular flexibility index (Phi) is 9.29. The van der Waals surface area contributed by atoms with Gasteiger partial charge in [0.15, 0.2) is 17.3 Å². The number of sulfonamides is 1. The number of hydrogen-bond acceptors (Lipinski definition) is 7. The van der Waals surface area contributed by atoms with Crippen LogP contribution in [-0.2, 0) is 19.6 Å². The Labute approximate surface area is 224 Å². The summed E-state index contributed by atoms with van der Waals surface area (Å²) in [6.45, 7) is 3.35. The molecule has 0 radical (unpaired) electrons. The molecule has 1 amide bonds. The molecule has 1 heterocycles. The first-order valence-electron chi connectivity index (χ1n) is 12.4. The summed E-state index contributed by atoms with van der Waals surface area (Å²) in [7, 11) is 4.64. The van der Waals surface area contributed by atoms with E-state index in [1.54, 1.807) is 18.2 Å². The molecule has 2 aromatic carbocycles. The van der Waals surface area contributed by atoms with Crippen LogP contribution in [-0.4, -0.2) is 90.1 Å². The largest absolute Gasteiger partial charge is 0.493 e. The van der Waals surface area contributed by atoms with Gasteiger partial charge in [-0.3, -0.25) is 14.4 Å². The van der Waals surface area contributed by atoms with Gasteiger partial charge in [-0.05, 0) is 36.8 Å². The van der Waals surface area contributed by atoms with Crippen molar-refractivity contribution in [1.82, 2.24) is 9.21 Å². The number of likely N-dealkylation sites (tertiary alicyclic amines) is 1. The van der Waals surface area contributed by atoms with E-state index in [9.17, 15) is 22.8 Å². The van der Waals surface area contributed by atoms with Crippen molar-refractivity contribution in [2.45, 2.75) is 24.3 Å². The predicted octanol–water partition coefficient (Wildman–Crippen LogP) is 0.830. The number of nitrogens with one attached hydrogen (secondary N) is 1. The predicted molar refractivity (Wildman–Crippen MR) is 141 cm³/mol. The van der Waals surface area contributed by atoms with Crippen LogP contribution in [0.25, 0.3) is 0 Å². The smallest absolute Gasteiger partial charge is 0.291 e. The Morgan fingerprint density at radius 2 is 1.71 bits per heavy atom. The molecule has 0 spiro atoms. The second-order valence-electron chi connectivity index (χ2n) is 9.62. The Balaban J connectivity index is 2.05. The molecule has 10 nitrogen and oxygen atoms in total. The van der Waals surface area contributed by atoms with Crippen LogP contribution in [0.4, 0.5) is 0 Å². The van der Waals surface area contributed by atoms with Crippen molar-refractivity contribution in [1.29, 1.82) is 0 Å². The molecule has 0 aliphatic carbocycles. The van der Waals surface area contributed by atoms with E-state index in [2.05, 4.69) is 0 Å². The fourth-order valence-electron chi connectivity index (χ4n) is 4.53. The van der Waals surface area contributed by atoms with E-state index >= 15 is 0 Å². The van der Waals surface area contributed by atoms with Crippen molar-refractivity contribution in [2.75, 3.05) is 55.0 Å². The third-order valence-electron chi connectivity index (χ3n) is 6.51. The van der Waals surface area contributed by atoms with E-state index in [0.29, 0.717) is 36.6 Å². The van der Waals surface area contributed by atoms with Crippen LogP contribution < -0.4 is 14.4 Å². The van der Waals surface area contributed by atoms with Crippen molar-refractivity contribution in [3.63, 3.8) is 0 Å². The summed E-state index contributed by atoms with van der Waals surface area (Å²) in [6, 6.07) is 9.71. The van der Waals surface area contributed by atoms with Gasteiger partial charge in [-0.2, -0.15) is 0 Å². The maximum atomic E-state index is 13.7. The second kappa shape index (κ2) is 12.1. The maximum absolute atomic E-state index is 13.7. The van der Waals surface area contributed by atoms with Crippen LogP contribution in [0, 0.1) is 5.92 Å². The number of ether oxygens (including phenoxy) is 2. The zero-order chi connectivity index (χ0) is 28.2. The highest BCUT2D eigenvalue weighted by molar-refractivity contribution is 7.89. The van der Waals surface area contributed by atoms with Crippen molar-refractivity contribution >= 4 is 27.5 Å². The summed E-state index contributed by atoms with van der Waals surface area (Å²) in [5, 5.41) is 0. The zero-order valence-electron chi connectivity index (χ0n) is 22.7. The van der Waals surface area contributed by atoms with Crippen molar-refractivity contribution in [2.24, 2.45) is 5.92 Å². The van der Waals surface area contributed by atoms with Crippen LogP contribution in [0.15, 0.2) is 47.4 Å². The molecule has 38 heavy (non-hydrogen) atoms. The lowest BCUT2D eigenvalue weighted by atomic mass is 9.86. The van der Waals surface area contributed by atoms with Gasteiger partial charge in [-0.25, -0.2) is 12.7 Å². The first-order valence-corrected chi connectivity index (χ1v) is 13.9. The topological polar surface area (TPSA) is 115 Å². The Morgan fingerprint density at radius 1 is 1.05 bits per heavy atom. The number of quaternary nitrogens is 1. The lowest BCUT2D eigenvalue weighted by Gasteiger charge is -2.28. The van der Waals surface area contributed by atoms with Crippen LogP contribution >= 0.6 is 0 Å². The molecule has 2 atom stereocenters. The Bertz CT molecular complexity index is 1290. The normalized spacial score (nSPS) is 17.9. The minimum Gasteiger partial charge on any atom is -0.493 e. The molecule has 0 bridgehead atoms. The third kappa shape index (κ3) is 5.90. The monoisotopic (exact) mass is 546 g/mol. The molecular weight excluding hydrogens is 510 g/mol. The SMILES string of the molecule is CCOc1ccc(C2C(C(=O)c3ccc(S(=O)(=O)N(C)C)cc3)C(=O)C(=O)N2CCC[NH+](C)C)cc1OC. The summed E-state index contributed by atoms with van der Waals surface area (Å²) in [4.78, 5) is 42.8. The summed E-state index contributed by atoms with van der Waals surface area (Å²) in [5.41, 5.74) is 0.725. The van der Waals surface area contributed by atoms with E-state index in [4.69, 9.17) is 9.47 Å². The highest BCUT2D eigenvalue weighted by Crippen LogP contribution is 2.41. The second-order valence-corrected chi connectivity index (χ2v) is 11.8. The molecule has 0 aromatic heterocycles. The van der Waals surface area contributed by atoms with Crippen LogP contribution in [0.3, 0.4) is 0 Å². The first kappa shape index (κ1) is 29.3. The zero-order valence-corrected chi connectivity index (χ0v) is 23.5. The number of methoxy groups -OCH3 is 1. The standard InChI is InChI=1S/C27H35N3O7S/c1-7-37-21-14-11-19(17-22(21)36-6)24-23(26(32)27(33)30(24)16-8-15-28(2)3)25(31)18-9-12-20(13-10-18)38(34,35)29(4)5/h9-14,17,23-24H,7-8,15-16H2,1-6H3/p+1. The lowest BCUT2D eigenvalue weighted by Crippen LogP contribution is -3.05. The molecule has 1 aliphatic heterocycles. The minimum atomic E-state index is -3.69. The van der Waals surface area contributed by atoms with E-state index in [1.165, 1.54) is 55.3 Å². The third-order valence-corrected chi connectivity index (χ3v) is 8.34. The minimum absolute atomic E-state index is 0.0217. The number of carbonyl (C=O) groups excluding carboxylic acids is 3. The summed E-state index contributed by atoms with van der Waals surface area (Å²) in [6.07, 6.45) is 0.643. The fraction of sp³-hybridized carbons (Fsp3) is 0.444. The van der Waals surface area contributed by atoms with Crippen LogP contribution in [0.2, 0.25) is 0 Å². The van der Waals surface area contributed by atoms with Crippen molar-refractivity contribution in [3.05, 3.63) is 53.6 Å². The lowest BCUT2D eigenvalue weighted by molar-refractivity contribution is -0.858. The van der Waals surface area contributed by atoms with Crippen molar-refractivity contribution < 1.29 is 37.2 Å². The number of amides is 1. The molecule has 1 saturated heterocycles. The van der Waals surface area contributed by atoms with E-state index < -0.39 is 39.5 Å². The van der Waals surface area contributed by atoms with Crippen LogP contribution in [0.5, 0.6) is 11.5 Å². The number of rotatable bonds is 12. The van der Waals surface area contributed by atoms with E-state index in [1.807, 2.05) is 21.0 Å². The van der Waals surface area contributed by atoms with Gasteiger partial charge in [-0.1, -0.05) is 18.2 Å². The molecule has 1 N–H and O–H groups in total. The van der Waals surface area contributed by atoms with E-state index in [-0.39, 0.29) is 10.5 Å². The van der Waals surface area contributed by atoms with Gasteiger partial charge in [0, 0.05) is 32.6 Å². The molecule has 3 rings (SSSR count). The Morgan fingerprint density at radius 3 is 2.26 bits per heavy atom. The summed E-state index contributed by atoms with van der Waals surface area (Å²) < 4.78 is 37.0. The van der Waals surface area contributed by atoms with Crippen LogP contribution in [0.1, 0.15) is 35.3 Å². The van der Waals surface area contributed by atoms with Gasteiger partial charge >= 0.3 is 0 Å². The highest BCUT2D eigenvalue weighted by atomic mass is 32.2. The first-order chi connectivity index (χ1) is 17.9. The van der Waals surface area contributed by atoms with Gasteiger partial charge in [0.25, 0.3) is 5.91 Å². The van der Waals surface area contributed by atoms with Gasteiger partial charge in [0.1, 0.15) is 5.92 Å². The average Bonchev–Trinajstić information content (AvgIpc) is 3.13. The number of carbonyl (C=O) groups is 3. The number of hydrogen-bond donors (Lipinski definition) is 1. The highest BCUT2D eigenvalue weighted by Gasteiger charge is 2.51. The molecule has 2 unspecified atom stereocenters. The maximum Gasteiger partial charge on any atom is 0.291 e. The molecule has 1 aliphatic rings. The fourth-order valence-corrected chi connectivity index (χ4v) is 5.43. The average molecular weight is 547 g/mol. The summed E-state index contributed by atoms with van der Waals surface area (Å²) in [5.74, 6) is -2.38. The van der Waals surface area contributed by atoms with Gasteiger partial charge < -0.3 is 19.3 Å². The quantitative estimate of drug-likeness (QED) is 0.238. The molecular formula is C27H36N3O7S+. The van der Waals surface area contributed by atoms with Gasteiger partial charge in [0.2, 0.25) is 15.8 Å². The Hall–Kier alpha value is -3.28. The van der Waals surface area contributed by atoms with Gasteiger partial charge in [-0.15, -0.1) is 0 Å². The number of nitrogens with zero attached hydrogens (tertiary/aromatic N) is 2. The molecule has 206 valence electrons. The number of Topliss-reactive ketones (excluding diaryl/α,β-unsaturated/α-hetero) is 2. The van der Waals surface area contributed by atoms with E-state index in [0.717, 1.165) is 10.8 Å². The molecule has 11 heteroatoms. The molecule has 0 saturated carbocycles. The summed E-state index contributed by atoms with van der Waals surface area (Å²) >= 11 is 0. The van der Waals surface area contributed by atoms with Crippen molar-refractivity contribution in [3.8, 4) is 11.5 Å². The number of benzene rings is 2. The molecule has 2 aromatic rings. The molecule has 1 fully saturated rings.